The molecule has 1 amide bonds. The molecule has 1 atom stereocenters. The number of aromatic nitrogens is 4. The molecular weight excluding hydrogens is 397 g/mol. The van der Waals surface area contributed by atoms with Crippen molar-refractivity contribution >= 4 is 5.91 Å². The third kappa shape index (κ3) is 4.84. The molecule has 0 bridgehead atoms. The smallest absolute Gasteiger partial charge is 0.257 e. The zero-order chi connectivity index (χ0) is 22.0. The molecule has 0 saturated carbocycles. The van der Waals surface area contributed by atoms with Crippen LogP contribution in [0.1, 0.15) is 42.0 Å². The molecule has 0 N–H and O–H groups in total. The molecule has 0 spiro atoms. The molecular formula is C23H28FN5O2. The standard InChI is InChI=1S/C23H28FN5O2/c1-15-20(16(2)28(3)26-15)9-11-22(30)29-13-12-17(14-29)4-10-21-25-23(31-27-21)18-5-7-19(24)8-6-18/h5-8,17H,4,9-14H2,1-3H3. The largest absolute Gasteiger partial charge is 0.342 e. The van der Waals surface area contributed by atoms with E-state index in [2.05, 4.69) is 15.2 Å². The number of likely N-dealkylation sites (tertiary alicyclic amines) is 1. The summed E-state index contributed by atoms with van der Waals surface area (Å²) in [4.78, 5) is 19.1. The average molecular weight is 426 g/mol. The fourth-order valence-electron chi connectivity index (χ4n) is 4.26. The second-order valence-corrected chi connectivity index (χ2v) is 8.33. The maximum atomic E-state index is 13.1. The summed E-state index contributed by atoms with van der Waals surface area (Å²) in [7, 11) is 1.94. The van der Waals surface area contributed by atoms with Crippen molar-refractivity contribution in [3.63, 3.8) is 0 Å². The molecule has 1 aromatic carbocycles. The Morgan fingerprint density at radius 2 is 2.00 bits per heavy atom. The first-order valence-corrected chi connectivity index (χ1v) is 10.8. The molecule has 2 aromatic heterocycles. The highest BCUT2D eigenvalue weighted by Crippen LogP contribution is 2.24. The maximum Gasteiger partial charge on any atom is 0.257 e. The van der Waals surface area contributed by atoms with Crippen molar-refractivity contribution in [3.05, 3.63) is 52.9 Å². The van der Waals surface area contributed by atoms with Gasteiger partial charge in [-0.2, -0.15) is 10.1 Å². The number of amides is 1. The molecule has 3 heterocycles. The zero-order valence-corrected chi connectivity index (χ0v) is 18.3. The van der Waals surface area contributed by atoms with Gasteiger partial charge in [0.25, 0.3) is 5.89 Å². The number of carbonyl (C=O) groups excluding carboxylic acids is 1. The number of hydrogen-bond acceptors (Lipinski definition) is 5. The van der Waals surface area contributed by atoms with Crippen LogP contribution in [0.25, 0.3) is 11.5 Å². The Labute approximate surface area is 181 Å². The fourth-order valence-corrected chi connectivity index (χ4v) is 4.26. The summed E-state index contributed by atoms with van der Waals surface area (Å²) in [6.45, 7) is 5.64. The van der Waals surface area contributed by atoms with Gasteiger partial charge in [-0.3, -0.25) is 9.48 Å². The van der Waals surface area contributed by atoms with Gasteiger partial charge >= 0.3 is 0 Å². The molecule has 1 saturated heterocycles. The minimum absolute atomic E-state index is 0.211. The van der Waals surface area contributed by atoms with E-state index in [1.54, 1.807) is 12.1 Å². The first-order chi connectivity index (χ1) is 14.9. The fraction of sp³-hybridized carbons (Fsp3) is 0.478. The molecule has 164 valence electrons. The van der Waals surface area contributed by atoms with Crippen LogP contribution in [0.15, 0.2) is 28.8 Å². The van der Waals surface area contributed by atoms with E-state index in [1.165, 1.54) is 17.7 Å². The summed E-state index contributed by atoms with van der Waals surface area (Å²) < 4.78 is 20.2. The first kappa shape index (κ1) is 21.2. The lowest BCUT2D eigenvalue weighted by molar-refractivity contribution is -0.130. The molecule has 1 fully saturated rings. The third-order valence-corrected chi connectivity index (χ3v) is 6.22. The van der Waals surface area contributed by atoms with Gasteiger partial charge in [0, 0.05) is 44.2 Å². The molecule has 4 rings (SSSR count). The van der Waals surface area contributed by atoms with Crippen molar-refractivity contribution in [2.45, 2.75) is 46.0 Å². The van der Waals surface area contributed by atoms with Crippen LogP contribution >= 0.6 is 0 Å². The molecule has 7 nitrogen and oxygen atoms in total. The Hall–Kier alpha value is -3.03. The van der Waals surface area contributed by atoms with Crippen molar-refractivity contribution in [2.24, 2.45) is 13.0 Å². The van der Waals surface area contributed by atoms with E-state index < -0.39 is 0 Å². The monoisotopic (exact) mass is 425 g/mol. The highest BCUT2D eigenvalue weighted by Gasteiger charge is 2.26. The quantitative estimate of drug-likeness (QED) is 0.578. The Bertz CT molecular complexity index is 1060. The van der Waals surface area contributed by atoms with Gasteiger partial charge in [0.2, 0.25) is 5.91 Å². The number of rotatable bonds is 7. The van der Waals surface area contributed by atoms with Gasteiger partial charge in [0.1, 0.15) is 5.82 Å². The Balaban J connectivity index is 1.25. The Morgan fingerprint density at radius 3 is 2.71 bits per heavy atom. The van der Waals surface area contributed by atoms with Gasteiger partial charge in [-0.15, -0.1) is 0 Å². The molecule has 0 aliphatic carbocycles. The van der Waals surface area contributed by atoms with Gasteiger partial charge in [-0.25, -0.2) is 4.39 Å². The summed E-state index contributed by atoms with van der Waals surface area (Å²) in [5.41, 5.74) is 4.02. The summed E-state index contributed by atoms with van der Waals surface area (Å²) >= 11 is 0. The summed E-state index contributed by atoms with van der Waals surface area (Å²) in [5.74, 6) is 1.40. The van der Waals surface area contributed by atoms with E-state index in [9.17, 15) is 9.18 Å². The van der Waals surface area contributed by atoms with E-state index in [1.807, 2.05) is 30.5 Å². The minimum atomic E-state index is -0.297. The second kappa shape index (κ2) is 8.99. The average Bonchev–Trinajstić information content (AvgIpc) is 3.47. The van der Waals surface area contributed by atoms with Crippen LogP contribution in [-0.2, 0) is 24.7 Å². The number of nitrogens with zero attached hydrogens (tertiary/aromatic N) is 5. The van der Waals surface area contributed by atoms with Crippen molar-refractivity contribution in [2.75, 3.05) is 13.1 Å². The van der Waals surface area contributed by atoms with Crippen molar-refractivity contribution in [3.8, 4) is 11.5 Å². The molecule has 1 unspecified atom stereocenters. The van der Waals surface area contributed by atoms with Gasteiger partial charge in [-0.1, -0.05) is 5.16 Å². The van der Waals surface area contributed by atoms with Crippen LogP contribution in [0.2, 0.25) is 0 Å². The van der Waals surface area contributed by atoms with Crippen LogP contribution in [0.3, 0.4) is 0 Å². The van der Waals surface area contributed by atoms with E-state index in [0.717, 1.165) is 43.7 Å². The van der Waals surface area contributed by atoms with E-state index in [0.29, 0.717) is 36.0 Å². The van der Waals surface area contributed by atoms with Crippen LogP contribution in [-0.4, -0.2) is 43.8 Å². The number of aryl methyl sites for hydroxylation is 3. The molecule has 0 radical (unpaired) electrons. The lowest BCUT2D eigenvalue weighted by atomic mass is 10.0. The summed E-state index contributed by atoms with van der Waals surface area (Å²) in [6, 6.07) is 6.00. The van der Waals surface area contributed by atoms with Crippen molar-refractivity contribution in [1.82, 2.24) is 24.8 Å². The second-order valence-electron chi connectivity index (χ2n) is 8.33. The number of halogens is 1. The Kier molecular flexibility index (Phi) is 6.15. The number of carbonyl (C=O) groups is 1. The summed E-state index contributed by atoms with van der Waals surface area (Å²) in [6.07, 6.45) is 3.87. The van der Waals surface area contributed by atoms with E-state index in [-0.39, 0.29) is 11.7 Å². The molecule has 31 heavy (non-hydrogen) atoms. The zero-order valence-electron chi connectivity index (χ0n) is 18.3. The van der Waals surface area contributed by atoms with Crippen LogP contribution in [0, 0.1) is 25.6 Å². The molecule has 1 aliphatic heterocycles. The molecule has 8 heteroatoms. The third-order valence-electron chi connectivity index (χ3n) is 6.22. The predicted octanol–water partition coefficient (Wildman–Crippen LogP) is 3.64. The van der Waals surface area contributed by atoms with Gasteiger partial charge in [0.15, 0.2) is 5.82 Å². The highest BCUT2D eigenvalue weighted by molar-refractivity contribution is 5.76. The predicted molar refractivity (Wildman–Crippen MR) is 114 cm³/mol. The highest BCUT2D eigenvalue weighted by atomic mass is 19.1. The van der Waals surface area contributed by atoms with Crippen LogP contribution in [0.4, 0.5) is 4.39 Å². The maximum absolute atomic E-state index is 13.1. The number of benzene rings is 1. The number of hydrogen-bond donors (Lipinski definition) is 0. The van der Waals surface area contributed by atoms with E-state index >= 15 is 0 Å². The van der Waals surface area contributed by atoms with Crippen molar-refractivity contribution in [1.29, 1.82) is 0 Å². The first-order valence-electron chi connectivity index (χ1n) is 10.8. The van der Waals surface area contributed by atoms with Gasteiger partial charge < -0.3 is 9.42 Å². The Morgan fingerprint density at radius 1 is 1.23 bits per heavy atom. The topological polar surface area (TPSA) is 77.0 Å². The summed E-state index contributed by atoms with van der Waals surface area (Å²) in [5, 5.41) is 8.47. The van der Waals surface area contributed by atoms with Crippen LogP contribution < -0.4 is 0 Å². The SMILES string of the molecule is Cc1nn(C)c(C)c1CCC(=O)N1CCC(CCc2noc(-c3ccc(F)cc3)n2)C1. The molecule has 1 aliphatic rings. The van der Waals surface area contributed by atoms with E-state index in [4.69, 9.17) is 4.52 Å². The lowest BCUT2D eigenvalue weighted by Gasteiger charge is -2.16. The lowest BCUT2D eigenvalue weighted by Crippen LogP contribution is -2.29. The normalized spacial score (nSPS) is 16.3. The molecule has 3 aromatic rings. The van der Waals surface area contributed by atoms with Crippen LogP contribution in [0.5, 0.6) is 0 Å². The van der Waals surface area contributed by atoms with Gasteiger partial charge in [-0.05, 0) is 68.9 Å². The minimum Gasteiger partial charge on any atom is -0.342 e. The van der Waals surface area contributed by atoms with Crippen molar-refractivity contribution < 1.29 is 13.7 Å². The van der Waals surface area contributed by atoms with Gasteiger partial charge in [0.05, 0.1) is 5.69 Å².